The molecule has 0 bridgehead atoms. The summed E-state index contributed by atoms with van der Waals surface area (Å²) in [7, 11) is 0. The van der Waals surface area contributed by atoms with Crippen LogP contribution in [0, 0.1) is 0 Å². The summed E-state index contributed by atoms with van der Waals surface area (Å²) in [6.45, 7) is 5.35. The lowest BCUT2D eigenvalue weighted by atomic mass is 10.1. The van der Waals surface area contributed by atoms with Crippen molar-refractivity contribution in [3.05, 3.63) is 36.5 Å². The summed E-state index contributed by atoms with van der Waals surface area (Å²) in [6.07, 6.45) is 1.60. The monoisotopic (exact) mass is 190 g/mol. The Bertz CT molecular complexity index is 209. The average molecular weight is 190 g/mol. The summed E-state index contributed by atoms with van der Waals surface area (Å²) in [4.78, 5) is 0. The number of halogens is 3. The van der Waals surface area contributed by atoms with E-state index in [4.69, 9.17) is 0 Å². The minimum absolute atomic E-state index is 0.709. The summed E-state index contributed by atoms with van der Waals surface area (Å²) >= 11 is 0. The lowest BCUT2D eigenvalue weighted by molar-refractivity contribution is -0.125. The van der Waals surface area contributed by atoms with Gasteiger partial charge in [0, 0.05) is 0 Å². The van der Waals surface area contributed by atoms with Crippen molar-refractivity contribution in [1.82, 2.24) is 0 Å². The van der Waals surface area contributed by atoms with Crippen LogP contribution in [0.4, 0.5) is 13.2 Å². The van der Waals surface area contributed by atoms with E-state index in [1.807, 2.05) is 6.92 Å². The fraction of sp³-hybridized carbons (Fsp3) is 0.400. The van der Waals surface area contributed by atoms with Gasteiger partial charge in [0.05, 0.1) is 6.42 Å². The zero-order chi connectivity index (χ0) is 10.3. The molecular formula is C10H13F3. The van der Waals surface area contributed by atoms with Gasteiger partial charge >= 0.3 is 6.18 Å². The van der Waals surface area contributed by atoms with Gasteiger partial charge in [0.15, 0.2) is 0 Å². The molecule has 3 heteroatoms. The van der Waals surface area contributed by atoms with E-state index in [-0.39, 0.29) is 0 Å². The highest BCUT2D eigenvalue weighted by molar-refractivity contribution is 5.22. The number of hydrogen-bond donors (Lipinski definition) is 0. The Balaban J connectivity index is 4.09. The van der Waals surface area contributed by atoms with E-state index < -0.39 is 12.6 Å². The maximum Gasteiger partial charge on any atom is 0.392 e. The van der Waals surface area contributed by atoms with E-state index in [1.54, 1.807) is 12.2 Å². The van der Waals surface area contributed by atoms with Crippen LogP contribution in [-0.2, 0) is 0 Å². The average Bonchev–Trinajstić information content (AvgIpc) is 2.01. The number of allylic oxidation sites excluding steroid dienone is 5. The molecular weight excluding hydrogens is 177 g/mol. The zero-order valence-corrected chi connectivity index (χ0v) is 7.56. The Kier molecular flexibility index (Phi) is 5.19. The number of hydrogen-bond acceptors (Lipinski definition) is 0. The molecule has 0 aliphatic heterocycles. The first-order valence-corrected chi connectivity index (χ1v) is 4.04. The van der Waals surface area contributed by atoms with Crippen molar-refractivity contribution < 1.29 is 13.2 Å². The minimum Gasteiger partial charge on any atom is -0.171 e. The predicted molar refractivity (Wildman–Crippen MR) is 48.4 cm³/mol. The van der Waals surface area contributed by atoms with E-state index in [2.05, 4.69) is 6.58 Å². The first-order valence-electron chi connectivity index (χ1n) is 4.04. The Labute approximate surface area is 76.5 Å². The Morgan fingerprint density at radius 3 is 2.38 bits per heavy atom. The molecule has 0 aromatic heterocycles. The summed E-state index contributed by atoms with van der Waals surface area (Å²) in [6, 6.07) is 0. The molecule has 0 spiro atoms. The highest BCUT2D eigenvalue weighted by atomic mass is 19.4. The second-order valence-corrected chi connectivity index (χ2v) is 2.55. The van der Waals surface area contributed by atoms with Crippen LogP contribution in [0.1, 0.15) is 19.8 Å². The summed E-state index contributed by atoms with van der Waals surface area (Å²) in [5.41, 5.74) is 0.847. The number of rotatable bonds is 4. The van der Waals surface area contributed by atoms with Gasteiger partial charge in [0.1, 0.15) is 0 Å². The molecule has 0 atom stereocenters. The molecule has 0 aliphatic rings. The van der Waals surface area contributed by atoms with Crippen LogP contribution in [0.3, 0.4) is 0 Å². The smallest absolute Gasteiger partial charge is 0.171 e. The molecule has 0 unspecified atom stereocenters. The van der Waals surface area contributed by atoms with Crippen LogP contribution in [-0.4, -0.2) is 6.18 Å². The Hall–Kier alpha value is -0.990. The van der Waals surface area contributed by atoms with Crippen molar-refractivity contribution in [2.45, 2.75) is 25.9 Å². The maximum absolute atomic E-state index is 11.7. The van der Waals surface area contributed by atoms with Crippen LogP contribution in [0.15, 0.2) is 36.5 Å². The molecule has 0 saturated heterocycles. The van der Waals surface area contributed by atoms with Gasteiger partial charge in [-0.2, -0.15) is 13.2 Å². The molecule has 0 rings (SSSR count). The van der Waals surface area contributed by atoms with E-state index in [0.29, 0.717) is 6.42 Å². The van der Waals surface area contributed by atoms with Gasteiger partial charge in [0.2, 0.25) is 0 Å². The van der Waals surface area contributed by atoms with Crippen molar-refractivity contribution in [3.8, 4) is 0 Å². The molecule has 0 N–H and O–H groups in total. The second kappa shape index (κ2) is 5.62. The van der Waals surface area contributed by atoms with Crippen molar-refractivity contribution in [2.24, 2.45) is 0 Å². The van der Waals surface area contributed by atoms with Crippen LogP contribution in [0.25, 0.3) is 0 Å². The van der Waals surface area contributed by atoms with E-state index >= 15 is 0 Å². The third kappa shape index (κ3) is 7.37. The molecule has 0 aliphatic carbocycles. The quantitative estimate of drug-likeness (QED) is 0.587. The van der Waals surface area contributed by atoms with Gasteiger partial charge in [-0.05, 0) is 12.0 Å². The topological polar surface area (TPSA) is 0 Å². The molecule has 0 heterocycles. The minimum atomic E-state index is -4.11. The Morgan fingerprint density at radius 1 is 1.38 bits per heavy atom. The highest BCUT2D eigenvalue weighted by Crippen LogP contribution is 2.20. The lowest BCUT2D eigenvalue weighted by Gasteiger charge is -2.00. The fourth-order valence-corrected chi connectivity index (χ4v) is 0.787. The second-order valence-electron chi connectivity index (χ2n) is 2.55. The molecule has 74 valence electrons. The third-order valence-corrected chi connectivity index (χ3v) is 1.42. The normalized spacial score (nSPS) is 13.7. The molecule has 0 saturated carbocycles. The summed E-state index contributed by atoms with van der Waals surface area (Å²) < 4.78 is 35.1. The van der Waals surface area contributed by atoms with Crippen LogP contribution in [0.2, 0.25) is 0 Å². The van der Waals surface area contributed by atoms with Crippen LogP contribution in [0.5, 0.6) is 0 Å². The summed E-state index contributed by atoms with van der Waals surface area (Å²) in [5, 5.41) is 0. The van der Waals surface area contributed by atoms with Gasteiger partial charge in [-0.1, -0.05) is 37.8 Å². The first-order chi connectivity index (χ1) is 5.99. The summed E-state index contributed by atoms with van der Waals surface area (Å²) in [5.74, 6) is 0. The van der Waals surface area contributed by atoms with Crippen molar-refractivity contribution >= 4 is 0 Å². The Morgan fingerprint density at radius 2 is 2.00 bits per heavy atom. The van der Waals surface area contributed by atoms with Crippen molar-refractivity contribution in [3.63, 3.8) is 0 Å². The van der Waals surface area contributed by atoms with E-state index in [0.717, 1.165) is 11.6 Å². The SMILES string of the molecule is C=C/C=C(\C=C/CC(F)(F)F)CC. The fourth-order valence-electron chi connectivity index (χ4n) is 0.787. The molecule has 0 aromatic rings. The number of alkyl halides is 3. The predicted octanol–water partition coefficient (Wildman–Crippen LogP) is 4.02. The van der Waals surface area contributed by atoms with Crippen LogP contribution < -0.4 is 0 Å². The largest absolute Gasteiger partial charge is 0.392 e. The molecule has 0 radical (unpaired) electrons. The molecule has 0 nitrogen and oxygen atoms in total. The van der Waals surface area contributed by atoms with Gasteiger partial charge in [-0.25, -0.2) is 0 Å². The first kappa shape index (κ1) is 12.0. The van der Waals surface area contributed by atoms with Gasteiger partial charge in [-0.3, -0.25) is 0 Å². The van der Waals surface area contributed by atoms with Crippen molar-refractivity contribution in [1.29, 1.82) is 0 Å². The zero-order valence-electron chi connectivity index (χ0n) is 7.56. The van der Waals surface area contributed by atoms with Crippen LogP contribution >= 0.6 is 0 Å². The highest BCUT2D eigenvalue weighted by Gasteiger charge is 2.24. The lowest BCUT2D eigenvalue weighted by Crippen LogP contribution is -2.04. The van der Waals surface area contributed by atoms with Gasteiger partial charge in [-0.15, -0.1) is 0 Å². The third-order valence-electron chi connectivity index (χ3n) is 1.42. The standard InChI is InChI=1S/C10H13F3/c1-3-6-9(4-2)7-5-8-10(11,12)13/h3,5-7H,1,4,8H2,2H3/b7-5-,9-6-. The molecule has 0 aromatic carbocycles. The van der Waals surface area contributed by atoms with E-state index in [9.17, 15) is 13.2 Å². The molecule has 0 amide bonds. The van der Waals surface area contributed by atoms with E-state index in [1.165, 1.54) is 6.08 Å². The van der Waals surface area contributed by atoms with Crippen molar-refractivity contribution in [2.75, 3.05) is 0 Å². The molecule has 13 heavy (non-hydrogen) atoms. The van der Waals surface area contributed by atoms with Gasteiger partial charge in [0.25, 0.3) is 0 Å². The molecule has 0 fully saturated rings. The van der Waals surface area contributed by atoms with Gasteiger partial charge < -0.3 is 0 Å². The maximum atomic E-state index is 11.7.